The Morgan fingerprint density at radius 3 is 2.87 bits per heavy atom. The van der Waals surface area contributed by atoms with Crippen molar-refractivity contribution >= 4 is 12.1 Å². The quantitative estimate of drug-likeness (QED) is 0.732. The highest BCUT2D eigenvalue weighted by Gasteiger charge is 2.67. The number of ether oxygens (including phenoxy) is 1. The zero-order valence-electron chi connectivity index (χ0n) is 19.0. The molecule has 4 heterocycles. The number of likely N-dealkylation sites (tertiary alicyclic amines) is 1. The third-order valence-corrected chi connectivity index (χ3v) is 7.96. The van der Waals surface area contributed by atoms with E-state index in [0.717, 1.165) is 45.4 Å². The summed E-state index contributed by atoms with van der Waals surface area (Å²) in [4.78, 5) is 21.5. The minimum absolute atomic E-state index is 0.135. The first kappa shape index (κ1) is 21.1. The molecule has 1 amide bonds. The van der Waals surface area contributed by atoms with Gasteiger partial charge in [0.15, 0.2) is 5.54 Å². The van der Waals surface area contributed by atoms with Gasteiger partial charge in [-0.05, 0) is 55.4 Å². The van der Waals surface area contributed by atoms with E-state index in [0.29, 0.717) is 30.2 Å². The normalized spacial score (nSPS) is 36.8. The summed E-state index contributed by atoms with van der Waals surface area (Å²) in [6, 6.07) is 11.0. The molecule has 1 aliphatic carbocycles. The van der Waals surface area contributed by atoms with Gasteiger partial charge in [0.05, 0.1) is 6.10 Å². The summed E-state index contributed by atoms with van der Waals surface area (Å²) in [5, 5.41) is 3.29. The van der Waals surface area contributed by atoms with Gasteiger partial charge < -0.3 is 10.1 Å². The number of aliphatic imine (C=N–C) groups is 1. The van der Waals surface area contributed by atoms with Gasteiger partial charge in [0.2, 0.25) is 5.91 Å². The molecule has 5 aliphatic rings. The smallest absolute Gasteiger partial charge is 0.249 e. The third-order valence-electron chi connectivity index (χ3n) is 7.96. The van der Waals surface area contributed by atoms with Gasteiger partial charge in [-0.1, -0.05) is 44.2 Å². The summed E-state index contributed by atoms with van der Waals surface area (Å²) in [5.74, 6) is 1.95. The van der Waals surface area contributed by atoms with E-state index in [4.69, 9.17) is 9.73 Å². The van der Waals surface area contributed by atoms with Crippen molar-refractivity contribution in [2.75, 3.05) is 26.2 Å². The Morgan fingerprint density at radius 1 is 1.29 bits per heavy atom. The predicted octanol–water partition coefficient (Wildman–Crippen LogP) is 3.33. The van der Waals surface area contributed by atoms with E-state index in [1.165, 1.54) is 12.0 Å². The van der Waals surface area contributed by atoms with Crippen LogP contribution < -0.4 is 5.32 Å². The number of benzene rings is 1. The van der Waals surface area contributed by atoms with Crippen LogP contribution in [-0.4, -0.2) is 60.9 Å². The molecule has 168 valence electrons. The fourth-order valence-corrected chi connectivity index (χ4v) is 6.72. The number of carbonyl (C=O) groups is 1. The molecule has 0 aromatic heterocycles. The minimum Gasteiger partial charge on any atom is -0.376 e. The molecule has 1 aromatic carbocycles. The molecule has 1 saturated carbocycles. The summed E-state index contributed by atoms with van der Waals surface area (Å²) >= 11 is 0. The predicted molar refractivity (Wildman–Crippen MR) is 123 cm³/mol. The van der Waals surface area contributed by atoms with Crippen molar-refractivity contribution in [2.45, 2.75) is 63.6 Å². The third kappa shape index (κ3) is 3.84. The molecule has 3 fully saturated rings. The van der Waals surface area contributed by atoms with Crippen molar-refractivity contribution in [2.24, 2.45) is 28.7 Å². The molecule has 5 heteroatoms. The van der Waals surface area contributed by atoms with Crippen LogP contribution in [0.15, 0.2) is 35.3 Å². The van der Waals surface area contributed by atoms with Crippen molar-refractivity contribution < 1.29 is 9.53 Å². The molecular weight excluding hydrogens is 386 g/mol. The van der Waals surface area contributed by atoms with Crippen LogP contribution in [0.25, 0.3) is 0 Å². The van der Waals surface area contributed by atoms with Crippen molar-refractivity contribution in [1.82, 2.24) is 10.2 Å². The Labute approximate surface area is 186 Å². The standard InChI is InChI=1S/C26H37N3O2/c1-18(2)16-29-17-21-13-20-14-28-26(21,25(30)27-15-22-10-6-7-11-31-22)24(29)23(20)12-19-8-4-3-5-9-19/h3-5,8-9,14,18,20-24H,6-7,10-13,15-17H2,1-2H3,(H,27,30). The Balaban J connectivity index is 1.41. The number of nitrogens with zero attached hydrogens (tertiary/aromatic N) is 2. The second kappa shape index (κ2) is 8.67. The SMILES string of the molecule is CC(C)CN1CC2CC3C=NC2(C(=O)NCC2CCCCO2)C1C3Cc1ccccc1. The van der Waals surface area contributed by atoms with E-state index in [9.17, 15) is 4.79 Å². The molecule has 0 spiro atoms. The molecule has 6 unspecified atom stereocenters. The molecule has 4 bridgehead atoms. The van der Waals surface area contributed by atoms with Crippen molar-refractivity contribution in [3.63, 3.8) is 0 Å². The van der Waals surface area contributed by atoms with Gasteiger partial charge in [0.25, 0.3) is 0 Å². The lowest BCUT2D eigenvalue weighted by Gasteiger charge is -2.51. The maximum atomic E-state index is 13.8. The van der Waals surface area contributed by atoms with Gasteiger partial charge in [0, 0.05) is 44.4 Å². The van der Waals surface area contributed by atoms with Crippen molar-refractivity contribution in [3.05, 3.63) is 35.9 Å². The molecule has 2 saturated heterocycles. The first-order chi connectivity index (χ1) is 15.1. The topological polar surface area (TPSA) is 53.9 Å². The van der Waals surface area contributed by atoms with Crippen LogP contribution >= 0.6 is 0 Å². The van der Waals surface area contributed by atoms with Gasteiger partial charge in [-0.3, -0.25) is 14.7 Å². The first-order valence-corrected chi connectivity index (χ1v) is 12.3. The largest absolute Gasteiger partial charge is 0.376 e. The summed E-state index contributed by atoms with van der Waals surface area (Å²) in [6.07, 6.45) is 7.76. The summed E-state index contributed by atoms with van der Waals surface area (Å²) < 4.78 is 5.87. The van der Waals surface area contributed by atoms with Crippen molar-refractivity contribution in [3.8, 4) is 0 Å². The Kier molecular flexibility index (Phi) is 5.91. The highest BCUT2D eigenvalue weighted by atomic mass is 16.5. The average Bonchev–Trinajstić information content (AvgIpc) is 3.04. The van der Waals surface area contributed by atoms with Gasteiger partial charge in [-0.2, -0.15) is 0 Å². The molecule has 31 heavy (non-hydrogen) atoms. The van der Waals surface area contributed by atoms with Gasteiger partial charge in [0.1, 0.15) is 0 Å². The minimum atomic E-state index is -0.627. The van der Waals surface area contributed by atoms with Crippen LogP contribution in [0.2, 0.25) is 0 Å². The molecular formula is C26H37N3O2. The van der Waals surface area contributed by atoms with Crippen LogP contribution in [-0.2, 0) is 16.0 Å². The van der Waals surface area contributed by atoms with Crippen LogP contribution in [0, 0.1) is 23.7 Å². The maximum Gasteiger partial charge on any atom is 0.249 e. The second-order valence-corrected chi connectivity index (χ2v) is 10.5. The molecule has 1 aromatic rings. The molecule has 0 radical (unpaired) electrons. The number of rotatable bonds is 7. The summed E-state index contributed by atoms with van der Waals surface area (Å²) in [6.45, 7) is 8.03. The molecule has 6 atom stereocenters. The zero-order chi connectivity index (χ0) is 21.4. The molecule has 4 aliphatic heterocycles. The van der Waals surface area contributed by atoms with E-state index >= 15 is 0 Å². The summed E-state index contributed by atoms with van der Waals surface area (Å²) in [7, 11) is 0. The lowest BCUT2D eigenvalue weighted by molar-refractivity contribution is -0.132. The number of hydrogen-bond acceptors (Lipinski definition) is 4. The Morgan fingerprint density at radius 2 is 2.13 bits per heavy atom. The highest BCUT2D eigenvalue weighted by molar-refractivity contribution is 5.92. The van der Waals surface area contributed by atoms with E-state index < -0.39 is 5.54 Å². The fourth-order valence-electron chi connectivity index (χ4n) is 6.72. The molecule has 1 N–H and O–H groups in total. The second-order valence-electron chi connectivity index (χ2n) is 10.5. The van der Waals surface area contributed by atoms with E-state index in [-0.39, 0.29) is 18.1 Å². The average molecular weight is 424 g/mol. The monoisotopic (exact) mass is 423 g/mol. The lowest BCUT2D eigenvalue weighted by Crippen LogP contribution is -2.66. The molecule has 5 nitrogen and oxygen atoms in total. The van der Waals surface area contributed by atoms with Crippen LogP contribution in [0.5, 0.6) is 0 Å². The highest BCUT2D eigenvalue weighted by Crippen LogP contribution is 2.54. The maximum absolute atomic E-state index is 13.8. The van der Waals surface area contributed by atoms with E-state index in [2.05, 4.69) is 60.6 Å². The van der Waals surface area contributed by atoms with Crippen LogP contribution in [0.4, 0.5) is 0 Å². The number of nitrogens with one attached hydrogen (secondary N) is 1. The Hall–Kier alpha value is -1.72. The zero-order valence-corrected chi connectivity index (χ0v) is 19.0. The molecule has 6 rings (SSSR count). The van der Waals surface area contributed by atoms with E-state index in [1.807, 2.05) is 0 Å². The van der Waals surface area contributed by atoms with Gasteiger partial charge in [-0.15, -0.1) is 0 Å². The van der Waals surface area contributed by atoms with Crippen molar-refractivity contribution in [1.29, 1.82) is 0 Å². The van der Waals surface area contributed by atoms with Gasteiger partial charge >= 0.3 is 0 Å². The first-order valence-electron chi connectivity index (χ1n) is 12.3. The van der Waals surface area contributed by atoms with Crippen LogP contribution in [0.1, 0.15) is 45.1 Å². The lowest BCUT2D eigenvalue weighted by atomic mass is 9.59. The number of carbonyl (C=O) groups excluding carboxylic acids is 1. The Bertz CT molecular complexity index is 804. The summed E-state index contributed by atoms with van der Waals surface area (Å²) in [5.41, 5.74) is 0.741. The number of amides is 1. The van der Waals surface area contributed by atoms with Crippen LogP contribution in [0.3, 0.4) is 0 Å². The van der Waals surface area contributed by atoms with E-state index in [1.54, 1.807) is 0 Å². The van der Waals surface area contributed by atoms with Gasteiger partial charge in [-0.25, -0.2) is 0 Å². The number of hydrogen-bond donors (Lipinski definition) is 1. The fraction of sp³-hybridized carbons (Fsp3) is 0.692.